The number of aromatic nitrogens is 8. The number of hydrogen-bond acceptors (Lipinski definition) is 14. The molecule has 5 aromatic rings. The molecule has 0 fully saturated rings. The lowest BCUT2D eigenvalue weighted by molar-refractivity contribution is 0.0512. The van der Waals surface area contributed by atoms with Gasteiger partial charge in [0, 0.05) is 77.3 Å². The summed E-state index contributed by atoms with van der Waals surface area (Å²) < 4.78 is 13.8. The van der Waals surface area contributed by atoms with Gasteiger partial charge in [-0.2, -0.15) is 10.2 Å². The van der Waals surface area contributed by atoms with Crippen LogP contribution in [0.3, 0.4) is 0 Å². The number of aliphatic imine (C=N–C) groups is 1. The molecule has 0 aliphatic heterocycles. The number of nitrogens with one attached hydrogen (secondary N) is 3. The Labute approximate surface area is 362 Å². The van der Waals surface area contributed by atoms with E-state index in [1.807, 2.05) is 67.2 Å². The fraction of sp³-hybridized carbons (Fsp3) is 0.381. The smallest absolute Gasteiger partial charge is 0.407 e. The lowest BCUT2D eigenvalue weighted by Crippen LogP contribution is -2.32. The highest BCUT2D eigenvalue weighted by Gasteiger charge is 2.18. The van der Waals surface area contributed by atoms with Crippen molar-refractivity contribution in [1.82, 2.24) is 55.0 Å². The fourth-order valence-corrected chi connectivity index (χ4v) is 4.89. The molecule has 332 valence electrons. The molecular formula is C42H59N15O5. The SMILES string of the molecule is Cc1nc(-c2ccnc(Nc3cnn(C)c3)n2)ccc1CNC(=O)OC(C)(C)C.Cc1nc(C(=O)/C=C/N(C)C)ccc1CNC(=O)OC(C)(C)C.Cn1cc(N=C(N)N)cn1. The summed E-state index contributed by atoms with van der Waals surface area (Å²) in [6.45, 7) is 15.2. The van der Waals surface area contributed by atoms with Crippen molar-refractivity contribution in [2.75, 3.05) is 19.4 Å². The minimum absolute atomic E-state index is 0.0491. The summed E-state index contributed by atoms with van der Waals surface area (Å²) in [6.07, 6.45) is 10.7. The van der Waals surface area contributed by atoms with Gasteiger partial charge < -0.3 is 41.8 Å². The first-order chi connectivity index (χ1) is 29.0. The molecule has 0 bridgehead atoms. The van der Waals surface area contributed by atoms with E-state index >= 15 is 0 Å². The highest BCUT2D eigenvalue weighted by atomic mass is 16.6. The fourth-order valence-electron chi connectivity index (χ4n) is 4.89. The number of anilines is 2. The zero-order valence-electron chi connectivity index (χ0n) is 37.5. The normalized spacial score (nSPS) is 11.0. The van der Waals surface area contributed by atoms with E-state index in [1.54, 1.807) is 98.2 Å². The number of alkyl carbamates (subject to hydrolysis) is 2. The molecule has 62 heavy (non-hydrogen) atoms. The van der Waals surface area contributed by atoms with Gasteiger partial charge in [-0.1, -0.05) is 12.1 Å². The van der Waals surface area contributed by atoms with Crippen LogP contribution < -0.4 is 27.4 Å². The maximum Gasteiger partial charge on any atom is 0.407 e. The number of pyridine rings is 2. The molecule has 0 saturated heterocycles. The lowest BCUT2D eigenvalue weighted by atomic mass is 10.1. The first-order valence-corrected chi connectivity index (χ1v) is 19.4. The van der Waals surface area contributed by atoms with Crippen LogP contribution >= 0.6 is 0 Å². The topological polar surface area (TPSA) is 261 Å². The molecular weight excluding hydrogens is 795 g/mol. The Hall–Kier alpha value is -7.38. The van der Waals surface area contributed by atoms with Crippen LogP contribution in [0.1, 0.15) is 74.5 Å². The zero-order chi connectivity index (χ0) is 46.2. The summed E-state index contributed by atoms with van der Waals surface area (Å²) in [7, 11) is 7.32. The molecule has 0 atom stereocenters. The standard InChI is InChI=1S/C20H25N7O2.C17H25N3O3.C5H9N5/c1-13-14(10-22-19(28)29-20(2,3)4)6-7-16(24-13)17-8-9-21-18(26-17)25-15-11-23-27(5)12-15;1-12-13(11-18-16(22)23-17(2,3)4)7-8-14(19-12)15(21)9-10-20(5)6;1-10-3-4(2-8-10)9-5(6)7/h6-9,11-12H,10H2,1-5H3,(H,22,28)(H,21,25,26);7-10H,11H2,1-6H3,(H,18,22);2-3H,1H3,(H4,6,7,9)/b;10-9+;. The minimum Gasteiger partial charge on any atom is -0.444 e. The first-order valence-electron chi connectivity index (χ1n) is 19.4. The van der Waals surface area contributed by atoms with Gasteiger partial charge in [-0.25, -0.2) is 29.5 Å². The van der Waals surface area contributed by atoms with Gasteiger partial charge in [0.2, 0.25) is 11.7 Å². The van der Waals surface area contributed by atoms with E-state index in [-0.39, 0.29) is 11.7 Å². The molecule has 0 saturated carbocycles. The molecule has 7 N–H and O–H groups in total. The lowest BCUT2D eigenvalue weighted by Gasteiger charge is -2.20. The van der Waals surface area contributed by atoms with Gasteiger partial charge in [-0.3, -0.25) is 19.1 Å². The van der Waals surface area contributed by atoms with Gasteiger partial charge >= 0.3 is 12.2 Å². The van der Waals surface area contributed by atoms with E-state index in [2.05, 4.69) is 51.1 Å². The number of guanidine groups is 1. The van der Waals surface area contributed by atoms with Gasteiger partial charge in [-0.15, -0.1) is 0 Å². The second-order valence-corrected chi connectivity index (χ2v) is 15.9. The maximum atomic E-state index is 12.0. The Bertz CT molecular complexity index is 2330. The number of nitrogens with zero attached hydrogens (tertiary/aromatic N) is 10. The monoisotopic (exact) mass is 853 g/mol. The quantitative estimate of drug-likeness (QED) is 0.0486. The van der Waals surface area contributed by atoms with Crippen molar-refractivity contribution in [2.24, 2.45) is 30.6 Å². The number of aryl methyl sites for hydroxylation is 4. The van der Waals surface area contributed by atoms with Crippen molar-refractivity contribution in [3.8, 4) is 11.4 Å². The Morgan fingerprint density at radius 2 is 1.32 bits per heavy atom. The summed E-state index contributed by atoms with van der Waals surface area (Å²) in [5, 5.41) is 16.5. The number of amides is 2. The zero-order valence-corrected chi connectivity index (χ0v) is 37.5. The third-order valence-electron chi connectivity index (χ3n) is 7.64. The Kier molecular flexibility index (Phi) is 17.6. The molecule has 0 spiro atoms. The number of nitrogens with two attached hydrogens (primary N) is 2. The summed E-state index contributed by atoms with van der Waals surface area (Å²) in [5.41, 5.74) is 15.7. The average molecular weight is 854 g/mol. The van der Waals surface area contributed by atoms with E-state index in [0.717, 1.165) is 28.2 Å². The highest BCUT2D eigenvalue weighted by Crippen LogP contribution is 2.20. The predicted molar refractivity (Wildman–Crippen MR) is 237 cm³/mol. The molecule has 0 aliphatic carbocycles. The van der Waals surface area contributed by atoms with Crippen molar-refractivity contribution >= 4 is 41.3 Å². The van der Waals surface area contributed by atoms with E-state index < -0.39 is 23.4 Å². The number of carbonyl (C=O) groups is 3. The molecule has 5 aromatic heterocycles. The summed E-state index contributed by atoms with van der Waals surface area (Å²) in [4.78, 5) is 58.7. The van der Waals surface area contributed by atoms with Crippen molar-refractivity contribution < 1.29 is 23.9 Å². The molecule has 0 radical (unpaired) electrons. The minimum atomic E-state index is -0.535. The third-order valence-corrected chi connectivity index (χ3v) is 7.64. The van der Waals surface area contributed by atoms with Crippen molar-refractivity contribution in [2.45, 2.75) is 79.7 Å². The van der Waals surface area contributed by atoms with E-state index in [4.69, 9.17) is 20.9 Å². The molecule has 0 unspecified atom stereocenters. The number of rotatable bonds is 11. The van der Waals surface area contributed by atoms with Crippen LogP contribution in [0.5, 0.6) is 0 Å². The van der Waals surface area contributed by atoms with Crippen LogP contribution in [-0.2, 0) is 36.7 Å². The number of allylic oxidation sites excluding steroid dienone is 1. The van der Waals surface area contributed by atoms with Crippen LogP contribution in [-0.4, -0.2) is 93.6 Å². The Morgan fingerprint density at radius 1 is 0.774 bits per heavy atom. The van der Waals surface area contributed by atoms with Crippen molar-refractivity contribution in [3.05, 3.63) is 102 Å². The van der Waals surface area contributed by atoms with Crippen LogP contribution in [0.2, 0.25) is 0 Å². The second-order valence-electron chi connectivity index (χ2n) is 15.9. The van der Waals surface area contributed by atoms with Crippen molar-refractivity contribution in [3.63, 3.8) is 0 Å². The Balaban J connectivity index is 0.000000275. The van der Waals surface area contributed by atoms with E-state index in [1.165, 1.54) is 6.08 Å². The van der Waals surface area contributed by atoms with E-state index in [0.29, 0.717) is 41.8 Å². The molecule has 20 heteroatoms. The van der Waals surface area contributed by atoms with Crippen molar-refractivity contribution in [1.29, 1.82) is 0 Å². The van der Waals surface area contributed by atoms with Crippen LogP contribution in [0, 0.1) is 13.8 Å². The van der Waals surface area contributed by atoms with E-state index in [9.17, 15) is 14.4 Å². The summed E-state index contributed by atoms with van der Waals surface area (Å²) >= 11 is 0. The van der Waals surface area contributed by atoms with Gasteiger partial charge in [0.25, 0.3) is 0 Å². The largest absolute Gasteiger partial charge is 0.444 e. The summed E-state index contributed by atoms with van der Waals surface area (Å²) in [5.74, 6) is 0.354. The van der Waals surface area contributed by atoms with Crippen LogP contribution in [0.4, 0.5) is 26.9 Å². The summed E-state index contributed by atoms with van der Waals surface area (Å²) in [6, 6.07) is 9.04. The first kappa shape index (κ1) is 49.0. The Morgan fingerprint density at radius 3 is 1.81 bits per heavy atom. The van der Waals surface area contributed by atoms with Gasteiger partial charge in [0.05, 0.1) is 35.7 Å². The number of ketones is 1. The van der Waals surface area contributed by atoms with Crippen LogP contribution in [0.15, 0.2) is 78.6 Å². The molecule has 2 amide bonds. The van der Waals surface area contributed by atoms with Gasteiger partial charge in [-0.05, 0) is 84.7 Å². The second kappa shape index (κ2) is 22.3. The molecule has 5 rings (SSSR count). The maximum absolute atomic E-state index is 12.0. The molecule has 0 aromatic carbocycles. The molecule has 0 aliphatic rings. The molecule has 5 heterocycles. The number of carbonyl (C=O) groups excluding carboxylic acids is 3. The van der Waals surface area contributed by atoms with Crippen LogP contribution in [0.25, 0.3) is 11.4 Å². The predicted octanol–water partition coefficient (Wildman–Crippen LogP) is 5.35. The highest BCUT2D eigenvalue weighted by molar-refractivity contribution is 6.03. The number of hydrogen-bond donors (Lipinski definition) is 5. The third kappa shape index (κ3) is 18.3. The number of ether oxygens (including phenoxy) is 2. The average Bonchev–Trinajstić information content (AvgIpc) is 3.77. The van der Waals surface area contributed by atoms with Gasteiger partial charge in [0.15, 0.2) is 5.96 Å². The molecule has 20 nitrogen and oxygen atoms in total. The van der Waals surface area contributed by atoms with Gasteiger partial charge in [0.1, 0.15) is 22.6 Å².